The van der Waals surface area contributed by atoms with Gasteiger partial charge in [0.15, 0.2) is 0 Å². The molecule has 0 aliphatic heterocycles. The number of aromatic nitrogens is 2. The third-order valence-corrected chi connectivity index (χ3v) is 4.00. The summed E-state index contributed by atoms with van der Waals surface area (Å²) in [6.45, 7) is 0.944. The highest BCUT2D eigenvalue weighted by Crippen LogP contribution is 2.33. The molecule has 1 aromatic carbocycles. The Morgan fingerprint density at radius 1 is 1.41 bits per heavy atom. The average Bonchev–Trinajstić information content (AvgIpc) is 3.17. The Morgan fingerprint density at radius 2 is 2.18 bits per heavy atom. The van der Waals surface area contributed by atoms with Crippen LogP contribution in [-0.4, -0.2) is 39.8 Å². The third kappa shape index (κ3) is 3.30. The average molecular weight is 299 g/mol. The van der Waals surface area contributed by atoms with E-state index in [2.05, 4.69) is 5.10 Å². The largest absolute Gasteiger partial charge is 0.507 e. The molecule has 5 nitrogen and oxygen atoms in total. The van der Waals surface area contributed by atoms with Gasteiger partial charge in [-0.15, -0.1) is 0 Å². The Bertz CT molecular complexity index is 687. The van der Waals surface area contributed by atoms with Crippen molar-refractivity contribution in [1.82, 2.24) is 14.7 Å². The molecule has 5 heteroatoms. The summed E-state index contributed by atoms with van der Waals surface area (Å²) in [6.07, 6.45) is 6.63. The number of aromatic hydroxyl groups is 1. The quantitative estimate of drug-likeness (QED) is 0.921. The fourth-order valence-electron chi connectivity index (χ4n) is 2.42. The first kappa shape index (κ1) is 14.6. The van der Waals surface area contributed by atoms with E-state index in [0.29, 0.717) is 6.42 Å². The Hall–Kier alpha value is -2.30. The van der Waals surface area contributed by atoms with E-state index in [4.69, 9.17) is 0 Å². The third-order valence-electron chi connectivity index (χ3n) is 4.00. The number of likely N-dealkylation sites (N-methyl/N-ethyl adjacent to an activating group) is 1. The van der Waals surface area contributed by atoms with Crippen molar-refractivity contribution in [2.75, 3.05) is 14.1 Å². The van der Waals surface area contributed by atoms with Gasteiger partial charge in [-0.1, -0.05) is 6.07 Å². The minimum absolute atomic E-state index is 0.0427. The lowest BCUT2D eigenvalue weighted by Gasteiger charge is -2.11. The molecule has 3 rings (SSSR count). The molecule has 0 bridgehead atoms. The molecule has 1 N–H and O–H groups in total. The second-order valence-corrected chi connectivity index (χ2v) is 6.21. The maximum absolute atomic E-state index is 11.8. The summed E-state index contributed by atoms with van der Waals surface area (Å²) in [7, 11) is 3.48. The summed E-state index contributed by atoms with van der Waals surface area (Å²) in [6, 6.07) is 5.30. The number of benzene rings is 1. The number of hydrogen-bond acceptors (Lipinski definition) is 3. The SMILES string of the molecule is CN(C)C(=O)Cc1ccc(O)c(-c2cnn(CC3CC3)c2)c1. The standard InChI is InChI=1S/C17H21N3O2/c1-19(2)17(22)8-13-5-6-16(21)15(7-13)14-9-18-20(11-14)10-12-3-4-12/h5-7,9,11-12,21H,3-4,8,10H2,1-2H3. The van der Waals surface area contributed by atoms with Crippen LogP contribution in [0.3, 0.4) is 0 Å². The monoisotopic (exact) mass is 299 g/mol. The van der Waals surface area contributed by atoms with E-state index in [-0.39, 0.29) is 11.7 Å². The fraction of sp³-hybridized carbons (Fsp3) is 0.412. The van der Waals surface area contributed by atoms with Crippen molar-refractivity contribution < 1.29 is 9.90 Å². The highest BCUT2D eigenvalue weighted by Gasteiger charge is 2.22. The molecule has 1 aromatic heterocycles. The predicted molar refractivity (Wildman–Crippen MR) is 84.4 cm³/mol. The van der Waals surface area contributed by atoms with Crippen LogP contribution in [0.2, 0.25) is 0 Å². The zero-order valence-electron chi connectivity index (χ0n) is 13.0. The highest BCUT2D eigenvalue weighted by molar-refractivity contribution is 5.79. The first-order valence-electron chi connectivity index (χ1n) is 7.58. The van der Waals surface area contributed by atoms with Crippen molar-refractivity contribution in [3.05, 3.63) is 36.2 Å². The van der Waals surface area contributed by atoms with Crippen molar-refractivity contribution in [3.63, 3.8) is 0 Å². The van der Waals surface area contributed by atoms with Crippen molar-refractivity contribution >= 4 is 5.91 Å². The van der Waals surface area contributed by atoms with Crippen molar-refractivity contribution in [1.29, 1.82) is 0 Å². The summed E-state index contributed by atoms with van der Waals surface area (Å²) in [5, 5.41) is 14.5. The Kier molecular flexibility index (Phi) is 3.88. The number of phenolic OH excluding ortho intramolecular Hbond substituents is 1. The Balaban J connectivity index is 1.82. The van der Waals surface area contributed by atoms with Crippen molar-refractivity contribution in [2.45, 2.75) is 25.8 Å². The number of nitrogens with zero attached hydrogens (tertiary/aromatic N) is 3. The van der Waals surface area contributed by atoms with Crippen LogP contribution < -0.4 is 0 Å². The van der Waals surface area contributed by atoms with Gasteiger partial charge in [-0.2, -0.15) is 5.10 Å². The van der Waals surface area contributed by atoms with Gasteiger partial charge in [-0.3, -0.25) is 9.48 Å². The van der Waals surface area contributed by atoms with Crippen molar-refractivity contribution in [2.24, 2.45) is 5.92 Å². The molecule has 1 saturated carbocycles. The summed E-state index contributed by atoms with van der Waals surface area (Å²) < 4.78 is 1.93. The fourth-order valence-corrected chi connectivity index (χ4v) is 2.42. The molecule has 2 aromatic rings. The van der Waals surface area contributed by atoms with E-state index < -0.39 is 0 Å². The van der Waals surface area contributed by atoms with E-state index >= 15 is 0 Å². The molecule has 1 fully saturated rings. The second-order valence-electron chi connectivity index (χ2n) is 6.21. The second kappa shape index (κ2) is 5.83. The van der Waals surface area contributed by atoms with Gasteiger partial charge in [0, 0.05) is 38.0 Å². The molecule has 0 atom stereocenters. The summed E-state index contributed by atoms with van der Waals surface area (Å²) >= 11 is 0. The number of phenols is 1. The van der Waals surface area contributed by atoms with Crippen molar-refractivity contribution in [3.8, 4) is 16.9 Å². The Labute approximate surface area is 130 Å². The van der Waals surface area contributed by atoms with Crippen LogP contribution in [0.1, 0.15) is 18.4 Å². The molecule has 1 amide bonds. The van der Waals surface area contributed by atoms with Gasteiger partial charge in [0.25, 0.3) is 0 Å². The molecule has 0 radical (unpaired) electrons. The molecule has 0 unspecified atom stereocenters. The number of carbonyl (C=O) groups is 1. The van der Waals surface area contributed by atoms with Crippen LogP contribution in [0.25, 0.3) is 11.1 Å². The van der Waals surface area contributed by atoms with Gasteiger partial charge >= 0.3 is 0 Å². The maximum Gasteiger partial charge on any atom is 0.226 e. The molecule has 22 heavy (non-hydrogen) atoms. The zero-order valence-corrected chi connectivity index (χ0v) is 13.0. The Morgan fingerprint density at radius 3 is 2.86 bits per heavy atom. The van der Waals surface area contributed by atoms with Crippen LogP contribution in [0.15, 0.2) is 30.6 Å². The predicted octanol–water partition coefficient (Wildman–Crippen LogP) is 2.30. The van der Waals surface area contributed by atoms with Crippen LogP contribution in [-0.2, 0) is 17.8 Å². The number of hydrogen-bond donors (Lipinski definition) is 1. The lowest BCUT2D eigenvalue weighted by atomic mass is 10.0. The number of rotatable bonds is 5. The minimum atomic E-state index is 0.0427. The van der Waals surface area contributed by atoms with Gasteiger partial charge in [-0.05, 0) is 36.5 Å². The number of carbonyl (C=O) groups excluding carboxylic acids is 1. The van der Waals surface area contributed by atoms with E-state index in [1.165, 1.54) is 12.8 Å². The summed E-state index contributed by atoms with van der Waals surface area (Å²) in [4.78, 5) is 13.4. The molecular formula is C17H21N3O2. The topological polar surface area (TPSA) is 58.4 Å². The molecule has 116 valence electrons. The summed E-state index contributed by atoms with van der Waals surface area (Å²) in [5.41, 5.74) is 2.50. The van der Waals surface area contributed by atoms with Gasteiger partial charge in [0.1, 0.15) is 5.75 Å². The van der Waals surface area contributed by atoms with Gasteiger partial charge in [-0.25, -0.2) is 0 Å². The normalized spacial score (nSPS) is 14.1. The van der Waals surface area contributed by atoms with Crippen LogP contribution in [0.4, 0.5) is 0 Å². The van der Waals surface area contributed by atoms with Crippen LogP contribution in [0.5, 0.6) is 5.75 Å². The van der Waals surface area contributed by atoms with E-state index in [9.17, 15) is 9.90 Å². The lowest BCUT2D eigenvalue weighted by Crippen LogP contribution is -2.23. The smallest absolute Gasteiger partial charge is 0.226 e. The van der Waals surface area contributed by atoms with Crippen LogP contribution >= 0.6 is 0 Å². The summed E-state index contributed by atoms with van der Waals surface area (Å²) in [5.74, 6) is 1.01. The molecule has 0 saturated heterocycles. The van der Waals surface area contributed by atoms with Gasteiger partial charge in [0.2, 0.25) is 5.91 Å². The lowest BCUT2D eigenvalue weighted by molar-refractivity contribution is -0.127. The van der Waals surface area contributed by atoms with E-state index in [0.717, 1.165) is 29.2 Å². The molecule has 1 aliphatic carbocycles. The zero-order chi connectivity index (χ0) is 15.7. The van der Waals surface area contributed by atoms with Gasteiger partial charge < -0.3 is 10.0 Å². The van der Waals surface area contributed by atoms with Crippen LogP contribution in [0, 0.1) is 5.92 Å². The first-order valence-corrected chi connectivity index (χ1v) is 7.58. The van der Waals surface area contributed by atoms with E-state index in [1.807, 2.05) is 16.9 Å². The molecule has 1 aliphatic rings. The van der Waals surface area contributed by atoms with Gasteiger partial charge in [0.05, 0.1) is 12.6 Å². The minimum Gasteiger partial charge on any atom is -0.507 e. The molecule has 1 heterocycles. The first-order chi connectivity index (χ1) is 10.5. The number of amides is 1. The van der Waals surface area contributed by atoms with E-state index in [1.54, 1.807) is 37.3 Å². The highest BCUT2D eigenvalue weighted by atomic mass is 16.3. The maximum atomic E-state index is 11.8. The molecule has 0 spiro atoms. The molecular weight excluding hydrogens is 278 g/mol.